The van der Waals surface area contributed by atoms with Crippen LogP contribution >= 0.6 is 0 Å². The van der Waals surface area contributed by atoms with Gasteiger partial charge in [0, 0.05) is 12.1 Å². The van der Waals surface area contributed by atoms with Crippen LogP contribution in [0.1, 0.15) is 24.3 Å². The first-order valence-electron chi connectivity index (χ1n) is 6.52. The molecule has 0 bridgehead atoms. The molecule has 22 heavy (non-hydrogen) atoms. The maximum atomic E-state index is 11.9. The summed E-state index contributed by atoms with van der Waals surface area (Å²) in [6.45, 7) is 0. The summed E-state index contributed by atoms with van der Waals surface area (Å²) in [6, 6.07) is 5.36. The minimum Gasteiger partial charge on any atom is -0.481 e. The number of anilines is 1. The SMILES string of the molecule is O=C(O)C[C@H]([15NH]C(=O)CC1C(=O)Nc2ccccc21)C(=O)O. The van der Waals surface area contributed by atoms with Crippen LogP contribution in [0.5, 0.6) is 0 Å². The number of rotatable bonds is 6. The van der Waals surface area contributed by atoms with Crippen LogP contribution in [0.25, 0.3) is 0 Å². The molecule has 1 unspecified atom stereocenters. The third kappa shape index (κ3) is 3.40. The Balaban J connectivity index is 2.04. The van der Waals surface area contributed by atoms with Crippen LogP contribution in [0, 0.1) is 0 Å². The van der Waals surface area contributed by atoms with Gasteiger partial charge in [-0.2, -0.15) is 0 Å². The molecule has 1 aliphatic heterocycles. The number of carboxylic acids is 2. The molecule has 0 saturated carbocycles. The van der Waals surface area contributed by atoms with Crippen molar-refractivity contribution in [1.29, 1.82) is 0 Å². The molecule has 2 amide bonds. The lowest BCUT2D eigenvalue weighted by Gasteiger charge is -2.14. The van der Waals surface area contributed by atoms with Gasteiger partial charge >= 0.3 is 11.9 Å². The van der Waals surface area contributed by atoms with Crippen LogP contribution in [0.3, 0.4) is 0 Å². The van der Waals surface area contributed by atoms with Crippen molar-refractivity contribution in [3.05, 3.63) is 29.8 Å². The largest absolute Gasteiger partial charge is 0.481 e. The Morgan fingerprint density at radius 1 is 1.23 bits per heavy atom. The average molecular weight is 307 g/mol. The molecule has 0 spiro atoms. The van der Waals surface area contributed by atoms with E-state index >= 15 is 0 Å². The number of fused-ring (bicyclic) bond motifs is 1. The summed E-state index contributed by atoms with van der Waals surface area (Å²) in [4.78, 5) is 45.3. The molecule has 0 radical (unpaired) electrons. The Kier molecular flexibility index (Phi) is 4.40. The second kappa shape index (κ2) is 6.25. The molecule has 0 saturated heterocycles. The van der Waals surface area contributed by atoms with E-state index in [0.717, 1.165) is 0 Å². The predicted molar refractivity (Wildman–Crippen MR) is 74.2 cm³/mol. The highest BCUT2D eigenvalue weighted by Gasteiger charge is 2.33. The second-order valence-electron chi connectivity index (χ2n) is 4.89. The van der Waals surface area contributed by atoms with Gasteiger partial charge in [0.25, 0.3) is 0 Å². The molecule has 8 nitrogen and oxygen atoms in total. The van der Waals surface area contributed by atoms with Crippen LogP contribution in [0.15, 0.2) is 24.3 Å². The fourth-order valence-corrected chi connectivity index (χ4v) is 2.29. The monoisotopic (exact) mass is 307 g/mol. The summed E-state index contributed by atoms with van der Waals surface area (Å²) in [5.41, 5.74) is 1.28. The quantitative estimate of drug-likeness (QED) is 0.553. The van der Waals surface area contributed by atoms with E-state index in [2.05, 4.69) is 10.6 Å². The maximum Gasteiger partial charge on any atom is 0.326 e. The highest BCUT2D eigenvalue weighted by atomic mass is 16.4. The van der Waals surface area contributed by atoms with Crippen molar-refractivity contribution in [2.75, 3.05) is 5.32 Å². The molecule has 1 aromatic carbocycles. The number of hydrogen-bond acceptors (Lipinski definition) is 4. The molecular weight excluding hydrogens is 293 g/mol. The van der Waals surface area contributed by atoms with Gasteiger partial charge in [0.15, 0.2) is 0 Å². The number of carboxylic acid groups (broad SMARTS) is 2. The summed E-state index contributed by atoms with van der Waals surface area (Å²) >= 11 is 0. The minimum atomic E-state index is -1.52. The van der Waals surface area contributed by atoms with Crippen LogP contribution < -0.4 is 10.6 Å². The molecular formula is C14H14N2O6. The minimum absolute atomic E-state index is 0.244. The number of carbonyl (C=O) groups excluding carboxylic acids is 2. The number of hydrogen-bond donors (Lipinski definition) is 4. The first kappa shape index (κ1) is 15.5. The summed E-state index contributed by atoms with van der Waals surface area (Å²) in [6.07, 6.45) is -0.971. The van der Waals surface area contributed by atoms with Crippen molar-refractivity contribution < 1.29 is 29.4 Å². The molecule has 2 rings (SSSR count). The van der Waals surface area contributed by atoms with Gasteiger partial charge in [-0.05, 0) is 11.6 Å². The highest BCUT2D eigenvalue weighted by Crippen LogP contribution is 2.34. The smallest absolute Gasteiger partial charge is 0.326 e. The topological polar surface area (TPSA) is 133 Å². The number of nitrogens with one attached hydrogen (secondary N) is 2. The van der Waals surface area contributed by atoms with Crippen LogP contribution in [-0.2, 0) is 19.2 Å². The molecule has 0 aliphatic carbocycles. The van der Waals surface area contributed by atoms with Gasteiger partial charge < -0.3 is 20.8 Å². The van der Waals surface area contributed by atoms with E-state index in [4.69, 9.17) is 10.2 Å². The van der Waals surface area contributed by atoms with Gasteiger partial charge in [0.2, 0.25) is 11.8 Å². The van der Waals surface area contributed by atoms with Crippen molar-refractivity contribution in [2.45, 2.75) is 24.8 Å². The molecule has 1 aliphatic rings. The molecule has 0 fully saturated rings. The number of amides is 2. The third-order valence-corrected chi connectivity index (χ3v) is 3.31. The lowest BCUT2D eigenvalue weighted by molar-refractivity contribution is -0.147. The van der Waals surface area contributed by atoms with Crippen molar-refractivity contribution in [1.82, 2.24) is 5.32 Å². The van der Waals surface area contributed by atoms with Crippen molar-refractivity contribution in [3.63, 3.8) is 0 Å². The van der Waals surface area contributed by atoms with Crippen molar-refractivity contribution in [2.24, 2.45) is 0 Å². The van der Waals surface area contributed by atoms with Gasteiger partial charge in [-0.25, -0.2) is 4.79 Å². The molecule has 1 aromatic rings. The van der Waals surface area contributed by atoms with Gasteiger partial charge in [0.05, 0.1) is 12.3 Å². The van der Waals surface area contributed by atoms with E-state index in [-0.39, 0.29) is 12.3 Å². The van der Waals surface area contributed by atoms with Crippen molar-refractivity contribution in [3.8, 4) is 0 Å². The molecule has 0 aromatic heterocycles. The molecule has 4 N–H and O–H groups in total. The second-order valence-corrected chi connectivity index (χ2v) is 4.89. The Morgan fingerprint density at radius 2 is 1.91 bits per heavy atom. The van der Waals surface area contributed by atoms with E-state index < -0.39 is 36.2 Å². The Morgan fingerprint density at radius 3 is 2.55 bits per heavy atom. The van der Waals surface area contributed by atoms with Crippen molar-refractivity contribution >= 4 is 29.4 Å². The lowest BCUT2D eigenvalue weighted by Crippen LogP contribution is -2.42. The van der Waals surface area contributed by atoms with Gasteiger partial charge in [-0.15, -0.1) is 0 Å². The number of para-hydroxylation sites is 1. The third-order valence-electron chi connectivity index (χ3n) is 3.31. The van der Waals surface area contributed by atoms with E-state index in [1.807, 2.05) is 0 Å². The highest BCUT2D eigenvalue weighted by molar-refractivity contribution is 6.05. The Bertz CT molecular complexity index is 642. The van der Waals surface area contributed by atoms with E-state index in [0.29, 0.717) is 11.3 Å². The van der Waals surface area contributed by atoms with Gasteiger partial charge in [-0.3, -0.25) is 14.4 Å². The van der Waals surface area contributed by atoms with E-state index in [1.54, 1.807) is 24.3 Å². The normalized spacial score (nSPS) is 17.3. The zero-order chi connectivity index (χ0) is 16.3. The number of aliphatic carboxylic acids is 2. The summed E-state index contributed by atoms with van der Waals surface area (Å²) < 4.78 is 0. The molecule has 1 heterocycles. The first-order chi connectivity index (χ1) is 10.4. The maximum absolute atomic E-state index is 11.9. The Hall–Kier alpha value is -2.90. The standard InChI is InChI=1S/C14H14N2O6/c17-11(15-10(14(21)22)6-12(18)19)5-8-7-3-1-2-4-9(7)16-13(8)20/h1-4,8,10H,5-6H2,(H,15,17)(H,16,20)(H,18,19)(H,21,22)/t8?,10-/m0/s1/i15+1. The van der Waals surface area contributed by atoms with E-state index in [9.17, 15) is 19.2 Å². The molecule has 2 atom stereocenters. The molecule has 8 heteroatoms. The van der Waals surface area contributed by atoms with Crippen LogP contribution in [0.4, 0.5) is 5.69 Å². The van der Waals surface area contributed by atoms with Gasteiger partial charge in [0.1, 0.15) is 6.04 Å². The Labute approximate surface area is 125 Å². The van der Waals surface area contributed by atoms with Crippen LogP contribution in [0.2, 0.25) is 0 Å². The zero-order valence-electron chi connectivity index (χ0n) is 11.4. The molecule has 116 valence electrons. The summed E-state index contributed by atoms with van der Waals surface area (Å²) in [5, 5.41) is 22.3. The fourth-order valence-electron chi connectivity index (χ4n) is 2.29. The van der Waals surface area contributed by atoms with Crippen LogP contribution in [-0.4, -0.2) is 40.0 Å². The lowest BCUT2D eigenvalue weighted by atomic mass is 9.97. The zero-order valence-corrected chi connectivity index (χ0v) is 11.4. The first-order valence-corrected chi connectivity index (χ1v) is 6.52. The fraction of sp³-hybridized carbons (Fsp3) is 0.286. The number of carbonyl (C=O) groups is 4. The van der Waals surface area contributed by atoms with E-state index in [1.165, 1.54) is 0 Å². The summed E-state index contributed by atoms with van der Waals surface area (Å²) in [5.74, 6) is -4.52. The average Bonchev–Trinajstić information content (AvgIpc) is 2.74. The predicted octanol–water partition coefficient (Wildman–Crippen LogP) is 0.156. The number of benzene rings is 1. The summed E-state index contributed by atoms with van der Waals surface area (Å²) in [7, 11) is 0. The van der Waals surface area contributed by atoms with Gasteiger partial charge in [-0.1, -0.05) is 18.2 Å².